The molecule has 0 radical (unpaired) electrons. The predicted octanol–water partition coefficient (Wildman–Crippen LogP) is 2.42. The number of allylic oxidation sites excluding steroid dienone is 1. The minimum absolute atomic E-state index is 0.116. The van der Waals surface area contributed by atoms with Gasteiger partial charge in [0.2, 0.25) is 0 Å². The molecule has 0 fully saturated rings. The van der Waals surface area contributed by atoms with Crippen LogP contribution in [0.15, 0.2) is 24.9 Å². The van der Waals surface area contributed by atoms with Crippen molar-refractivity contribution >= 4 is 11.8 Å². The summed E-state index contributed by atoms with van der Waals surface area (Å²) in [6.45, 7) is 11.7. The van der Waals surface area contributed by atoms with E-state index >= 15 is 0 Å². The average molecular weight is 171 g/mol. The van der Waals surface area contributed by atoms with Gasteiger partial charge < -0.3 is 5.32 Å². The molecule has 2 heteroatoms. The van der Waals surface area contributed by atoms with E-state index in [-0.39, 0.29) is 5.54 Å². The molecule has 0 aliphatic carbocycles. The Morgan fingerprint density at radius 2 is 2.18 bits per heavy atom. The topological polar surface area (TPSA) is 12.0 Å². The van der Waals surface area contributed by atoms with Gasteiger partial charge in [-0.1, -0.05) is 13.2 Å². The van der Waals surface area contributed by atoms with E-state index < -0.39 is 0 Å². The molecular weight excluding hydrogens is 154 g/mol. The van der Waals surface area contributed by atoms with Crippen molar-refractivity contribution in [3.63, 3.8) is 0 Å². The molecule has 11 heavy (non-hydrogen) atoms. The zero-order chi connectivity index (χ0) is 8.91. The fourth-order valence-corrected chi connectivity index (χ4v) is 1.68. The van der Waals surface area contributed by atoms with Gasteiger partial charge in [-0.3, -0.25) is 0 Å². The minimum Gasteiger partial charge on any atom is -0.380 e. The molecule has 0 heterocycles. The lowest BCUT2D eigenvalue weighted by Crippen LogP contribution is -2.40. The van der Waals surface area contributed by atoms with Crippen LogP contribution in [-0.4, -0.2) is 17.5 Å². The standard InChI is InChI=1S/C9H17NS/c1-6-8(2)10-9(3,4)7-11-5/h6,10H,1-2,7H2,3-5H3. The summed E-state index contributed by atoms with van der Waals surface area (Å²) < 4.78 is 0. The minimum atomic E-state index is 0.116. The van der Waals surface area contributed by atoms with Crippen molar-refractivity contribution in [1.82, 2.24) is 5.32 Å². The molecular formula is C9H17NS. The van der Waals surface area contributed by atoms with Crippen LogP contribution in [0.4, 0.5) is 0 Å². The molecule has 0 saturated heterocycles. The van der Waals surface area contributed by atoms with Gasteiger partial charge >= 0.3 is 0 Å². The largest absolute Gasteiger partial charge is 0.380 e. The summed E-state index contributed by atoms with van der Waals surface area (Å²) in [4.78, 5) is 0. The Labute approximate surface area is 74.0 Å². The van der Waals surface area contributed by atoms with Crippen LogP contribution in [0.1, 0.15) is 13.8 Å². The highest BCUT2D eigenvalue weighted by atomic mass is 32.2. The quantitative estimate of drug-likeness (QED) is 0.638. The zero-order valence-corrected chi connectivity index (χ0v) is 8.42. The van der Waals surface area contributed by atoms with Crippen LogP contribution in [0, 0.1) is 0 Å². The van der Waals surface area contributed by atoms with Crippen LogP contribution < -0.4 is 5.32 Å². The molecule has 0 unspecified atom stereocenters. The first kappa shape index (κ1) is 10.6. The van der Waals surface area contributed by atoms with E-state index in [2.05, 4.69) is 38.6 Å². The first-order valence-corrected chi connectivity index (χ1v) is 4.99. The molecule has 64 valence electrons. The molecule has 0 bridgehead atoms. The molecule has 0 saturated carbocycles. The Morgan fingerprint density at radius 1 is 1.64 bits per heavy atom. The number of hydrogen-bond acceptors (Lipinski definition) is 2. The summed E-state index contributed by atoms with van der Waals surface area (Å²) >= 11 is 1.82. The van der Waals surface area contributed by atoms with E-state index in [9.17, 15) is 0 Å². The maximum atomic E-state index is 3.80. The fourth-order valence-electron chi connectivity index (χ4n) is 0.883. The van der Waals surface area contributed by atoms with Crippen LogP contribution in [0.25, 0.3) is 0 Å². The smallest absolute Gasteiger partial charge is 0.0407 e. The van der Waals surface area contributed by atoms with Crippen molar-refractivity contribution in [3.8, 4) is 0 Å². The molecule has 0 aromatic carbocycles. The van der Waals surface area contributed by atoms with Crippen molar-refractivity contribution in [1.29, 1.82) is 0 Å². The summed E-state index contributed by atoms with van der Waals surface area (Å²) in [7, 11) is 0. The summed E-state index contributed by atoms with van der Waals surface area (Å²) in [6, 6.07) is 0. The normalized spacial score (nSPS) is 10.8. The molecule has 0 amide bonds. The third-order valence-electron chi connectivity index (χ3n) is 1.25. The summed E-state index contributed by atoms with van der Waals surface area (Å²) in [5.41, 5.74) is 1.01. The van der Waals surface area contributed by atoms with E-state index in [0.29, 0.717) is 0 Å². The second kappa shape index (κ2) is 4.50. The van der Waals surface area contributed by atoms with Crippen molar-refractivity contribution in [3.05, 3.63) is 24.9 Å². The number of rotatable bonds is 5. The second-order valence-electron chi connectivity index (χ2n) is 3.17. The van der Waals surface area contributed by atoms with Crippen LogP contribution in [0.3, 0.4) is 0 Å². The number of hydrogen-bond donors (Lipinski definition) is 1. The van der Waals surface area contributed by atoms with E-state index in [4.69, 9.17) is 0 Å². The lowest BCUT2D eigenvalue weighted by molar-refractivity contribution is 0.490. The molecule has 0 aliphatic heterocycles. The van der Waals surface area contributed by atoms with Gasteiger partial charge in [0, 0.05) is 17.0 Å². The Balaban J connectivity index is 3.89. The molecule has 0 atom stereocenters. The Hall–Kier alpha value is -0.370. The third kappa shape index (κ3) is 4.96. The first-order chi connectivity index (χ1) is 5.02. The number of nitrogens with one attached hydrogen (secondary N) is 1. The van der Waals surface area contributed by atoms with Gasteiger partial charge in [-0.05, 0) is 26.2 Å². The highest BCUT2D eigenvalue weighted by Gasteiger charge is 2.15. The molecule has 0 aromatic heterocycles. The van der Waals surface area contributed by atoms with Gasteiger partial charge in [-0.25, -0.2) is 0 Å². The summed E-state index contributed by atoms with van der Waals surface area (Å²) in [6.07, 6.45) is 3.84. The molecule has 0 aromatic rings. The lowest BCUT2D eigenvalue weighted by Gasteiger charge is -2.26. The van der Waals surface area contributed by atoms with Gasteiger partial charge in [0.25, 0.3) is 0 Å². The zero-order valence-electron chi connectivity index (χ0n) is 7.61. The van der Waals surface area contributed by atoms with Gasteiger partial charge in [0.1, 0.15) is 0 Å². The van der Waals surface area contributed by atoms with Gasteiger partial charge in [0.05, 0.1) is 0 Å². The molecule has 1 N–H and O–H groups in total. The molecule has 0 aliphatic rings. The highest BCUT2D eigenvalue weighted by molar-refractivity contribution is 7.98. The van der Waals surface area contributed by atoms with Crippen molar-refractivity contribution < 1.29 is 0 Å². The Kier molecular flexibility index (Phi) is 4.34. The SMILES string of the molecule is C=CC(=C)NC(C)(C)CSC. The Bertz CT molecular complexity index is 150. The summed E-state index contributed by atoms with van der Waals surface area (Å²) in [5.74, 6) is 1.07. The Morgan fingerprint density at radius 3 is 2.55 bits per heavy atom. The molecule has 0 rings (SSSR count). The fraction of sp³-hybridized carbons (Fsp3) is 0.556. The third-order valence-corrected chi connectivity index (χ3v) is 2.26. The molecule has 1 nitrogen and oxygen atoms in total. The molecule has 0 spiro atoms. The maximum absolute atomic E-state index is 3.80. The van der Waals surface area contributed by atoms with Gasteiger partial charge in [-0.15, -0.1) is 0 Å². The van der Waals surface area contributed by atoms with Crippen LogP contribution >= 0.6 is 11.8 Å². The van der Waals surface area contributed by atoms with Gasteiger partial charge in [0.15, 0.2) is 0 Å². The van der Waals surface area contributed by atoms with Crippen molar-refractivity contribution in [2.24, 2.45) is 0 Å². The first-order valence-electron chi connectivity index (χ1n) is 3.60. The average Bonchev–Trinajstić information content (AvgIpc) is 1.86. The van der Waals surface area contributed by atoms with Crippen LogP contribution in [-0.2, 0) is 0 Å². The van der Waals surface area contributed by atoms with Gasteiger partial charge in [-0.2, -0.15) is 11.8 Å². The second-order valence-corrected chi connectivity index (χ2v) is 4.04. The highest BCUT2D eigenvalue weighted by Crippen LogP contribution is 2.11. The maximum Gasteiger partial charge on any atom is 0.0407 e. The van der Waals surface area contributed by atoms with Crippen molar-refractivity contribution in [2.75, 3.05) is 12.0 Å². The van der Waals surface area contributed by atoms with E-state index in [0.717, 1.165) is 11.4 Å². The van der Waals surface area contributed by atoms with E-state index in [1.165, 1.54) is 0 Å². The van der Waals surface area contributed by atoms with Crippen molar-refractivity contribution in [2.45, 2.75) is 19.4 Å². The number of thioether (sulfide) groups is 1. The predicted molar refractivity (Wildman–Crippen MR) is 54.9 cm³/mol. The monoisotopic (exact) mass is 171 g/mol. The summed E-state index contributed by atoms with van der Waals surface area (Å²) in [5, 5.41) is 3.27. The van der Waals surface area contributed by atoms with Crippen LogP contribution in [0.2, 0.25) is 0 Å². The van der Waals surface area contributed by atoms with E-state index in [1.807, 2.05) is 11.8 Å². The van der Waals surface area contributed by atoms with E-state index in [1.54, 1.807) is 6.08 Å². The lowest BCUT2D eigenvalue weighted by atomic mass is 10.1. The van der Waals surface area contributed by atoms with Crippen LogP contribution in [0.5, 0.6) is 0 Å².